The highest BCUT2D eigenvalue weighted by atomic mass is 15.1. The van der Waals surface area contributed by atoms with Gasteiger partial charge in [-0.1, -0.05) is 6.92 Å². The van der Waals surface area contributed by atoms with Crippen LogP contribution in [0.25, 0.3) is 0 Å². The Morgan fingerprint density at radius 1 is 1.31 bits per heavy atom. The average molecular weight is 182 g/mol. The van der Waals surface area contributed by atoms with E-state index in [-0.39, 0.29) is 0 Å². The highest BCUT2D eigenvalue weighted by Gasteiger charge is 2.35. The van der Waals surface area contributed by atoms with E-state index in [0.717, 1.165) is 0 Å². The first-order valence-corrected chi connectivity index (χ1v) is 5.78. The molecule has 1 N–H and O–H groups in total. The van der Waals surface area contributed by atoms with E-state index in [0.29, 0.717) is 5.41 Å². The number of piperidine rings is 2. The maximum Gasteiger partial charge on any atom is 0.00500 e. The quantitative estimate of drug-likeness (QED) is 0.660. The predicted octanol–water partition coefficient (Wildman–Crippen LogP) is 1.47. The molecule has 0 amide bonds. The van der Waals surface area contributed by atoms with Gasteiger partial charge in [-0.15, -0.1) is 0 Å². The molecule has 1 spiro atoms. The number of rotatable bonds is 1. The van der Waals surface area contributed by atoms with Crippen molar-refractivity contribution in [2.45, 2.75) is 32.6 Å². The molecule has 0 saturated carbocycles. The molecule has 2 rings (SSSR count). The van der Waals surface area contributed by atoms with Gasteiger partial charge in [0.05, 0.1) is 0 Å². The van der Waals surface area contributed by atoms with Crippen LogP contribution in [0.3, 0.4) is 0 Å². The third-order valence-corrected chi connectivity index (χ3v) is 3.75. The smallest absolute Gasteiger partial charge is 0.00500 e. The van der Waals surface area contributed by atoms with Crippen molar-refractivity contribution < 1.29 is 0 Å². The number of nitrogens with one attached hydrogen (secondary N) is 1. The van der Waals surface area contributed by atoms with Gasteiger partial charge in [-0.25, -0.2) is 0 Å². The Labute approximate surface area is 81.7 Å². The molecule has 0 aromatic heterocycles. The number of hydrogen-bond donors (Lipinski definition) is 1. The molecule has 13 heavy (non-hydrogen) atoms. The summed E-state index contributed by atoms with van der Waals surface area (Å²) in [4.78, 5) is 2.62. The average Bonchev–Trinajstić information content (AvgIpc) is 2.19. The van der Waals surface area contributed by atoms with Crippen molar-refractivity contribution in [3.05, 3.63) is 0 Å². The summed E-state index contributed by atoms with van der Waals surface area (Å²) in [5, 5.41) is 3.56. The molecule has 0 radical (unpaired) electrons. The van der Waals surface area contributed by atoms with Crippen LogP contribution in [-0.2, 0) is 0 Å². The lowest BCUT2D eigenvalue weighted by atomic mass is 9.74. The summed E-state index contributed by atoms with van der Waals surface area (Å²) in [5.41, 5.74) is 0.645. The molecule has 2 saturated heterocycles. The van der Waals surface area contributed by atoms with Crippen molar-refractivity contribution in [3.8, 4) is 0 Å². The van der Waals surface area contributed by atoms with Crippen LogP contribution in [0, 0.1) is 5.41 Å². The Balaban J connectivity index is 1.95. The van der Waals surface area contributed by atoms with E-state index in [1.54, 1.807) is 0 Å². The maximum absolute atomic E-state index is 3.56. The Morgan fingerprint density at radius 2 is 2.15 bits per heavy atom. The van der Waals surface area contributed by atoms with Crippen molar-refractivity contribution in [1.82, 2.24) is 10.2 Å². The fourth-order valence-corrected chi connectivity index (χ4v) is 2.96. The lowest BCUT2D eigenvalue weighted by molar-refractivity contribution is 0.0681. The molecule has 2 aliphatic heterocycles. The third kappa shape index (κ3) is 2.05. The first kappa shape index (κ1) is 9.47. The maximum atomic E-state index is 3.56. The van der Waals surface area contributed by atoms with E-state index >= 15 is 0 Å². The van der Waals surface area contributed by atoms with Gasteiger partial charge in [0.2, 0.25) is 0 Å². The summed E-state index contributed by atoms with van der Waals surface area (Å²) < 4.78 is 0. The van der Waals surface area contributed by atoms with Crippen LogP contribution in [0.4, 0.5) is 0 Å². The van der Waals surface area contributed by atoms with Crippen molar-refractivity contribution in [2.75, 3.05) is 32.7 Å². The second-order valence-corrected chi connectivity index (χ2v) is 4.75. The monoisotopic (exact) mass is 182 g/mol. The zero-order valence-corrected chi connectivity index (χ0v) is 8.81. The standard InChI is InChI=1S/C11H22N2/c1-2-13-8-4-6-11(10-13)5-3-7-12-9-11/h12H,2-10H2,1H3/t11-/m1/s1. The highest BCUT2D eigenvalue weighted by molar-refractivity contribution is 4.91. The van der Waals surface area contributed by atoms with E-state index in [2.05, 4.69) is 17.1 Å². The van der Waals surface area contributed by atoms with E-state index in [4.69, 9.17) is 0 Å². The Morgan fingerprint density at radius 3 is 2.85 bits per heavy atom. The van der Waals surface area contributed by atoms with E-state index in [9.17, 15) is 0 Å². The van der Waals surface area contributed by atoms with Gasteiger partial charge in [0.15, 0.2) is 0 Å². The third-order valence-electron chi connectivity index (χ3n) is 3.75. The van der Waals surface area contributed by atoms with Gasteiger partial charge < -0.3 is 10.2 Å². The Hall–Kier alpha value is -0.0800. The van der Waals surface area contributed by atoms with E-state index in [1.807, 2.05) is 0 Å². The van der Waals surface area contributed by atoms with Crippen molar-refractivity contribution >= 4 is 0 Å². The highest BCUT2D eigenvalue weighted by Crippen LogP contribution is 2.35. The van der Waals surface area contributed by atoms with E-state index in [1.165, 1.54) is 58.4 Å². The molecule has 0 aromatic carbocycles. The minimum Gasteiger partial charge on any atom is -0.316 e. The fraction of sp³-hybridized carbons (Fsp3) is 1.00. The summed E-state index contributed by atoms with van der Waals surface area (Å²) in [6.07, 6.45) is 5.71. The van der Waals surface area contributed by atoms with Crippen LogP contribution in [0.5, 0.6) is 0 Å². The minimum atomic E-state index is 0.645. The summed E-state index contributed by atoms with van der Waals surface area (Å²) in [6, 6.07) is 0. The number of likely N-dealkylation sites (tertiary alicyclic amines) is 1. The molecule has 2 aliphatic rings. The topological polar surface area (TPSA) is 15.3 Å². The molecule has 0 aliphatic carbocycles. The summed E-state index contributed by atoms with van der Waals surface area (Å²) in [5.74, 6) is 0. The lowest BCUT2D eigenvalue weighted by Gasteiger charge is -2.45. The molecule has 2 heteroatoms. The van der Waals surface area contributed by atoms with Gasteiger partial charge in [0.25, 0.3) is 0 Å². The van der Waals surface area contributed by atoms with Crippen LogP contribution in [-0.4, -0.2) is 37.6 Å². The molecule has 2 fully saturated rings. The van der Waals surface area contributed by atoms with Gasteiger partial charge >= 0.3 is 0 Å². The fourth-order valence-electron chi connectivity index (χ4n) is 2.96. The normalized spacial score (nSPS) is 36.7. The lowest BCUT2D eigenvalue weighted by Crippen LogP contribution is -2.50. The van der Waals surface area contributed by atoms with Gasteiger partial charge in [-0.3, -0.25) is 0 Å². The van der Waals surface area contributed by atoms with Crippen molar-refractivity contribution in [1.29, 1.82) is 0 Å². The van der Waals surface area contributed by atoms with E-state index < -0.39 is 0 Å². The molecule has 1 atom stereocenters. The predicted molar refractivity (Wildman–Crippen MR) is 55.9 cm³/mol. The van der Waals surface area contributed by atoms with Crippen molar-refractivity contribution in [3.63, 3.8) is 0 Å². The molecule has 2 heterocycles. The summed E-state index contributed by atoms with van der Waals surface area (Å²) in [6.45, 7) is 8.71. The molecule has 76 valence electrons. The number of nitrogens with zero attached hydrogens (tertiary/aromatic N) is 1. The van der Waals surface area contributed by atoms with Crippen molar-refractivity contribution in [2.24, 2.45) is 5.41 Å². The van der Waals surface area contributed by atoms with Gasteiger partial charge in [-0.2, -0.15) is 0 Å². The van der Waals surface area contributed by atoms with Crippen LogP contribution < -0.4 is 5.32 Å². The van der Waals surface area contributed by atoms with Crippen LogP contribution in [0.15, 0.2) is 0 Å². The summed E-state index contributed by atoms with van der Waals surface area (Å²) >= 11 is 0. The van der Waals surface area contributed by atoms with Gasteiger partial charge in [0.1, 0.15) is 0 Å². The van der Waals surface area contributed by atoms with Crippen LogP contribution in [0.1, 0.15) is 32.6 Å². The molecule has 2 nitrogen and oxygen atoms in total. The Bertz CT molecular complexity index is 156. The largest absolute Gasteiger partial charge is 0.316 e. The first-order valence-electron chi connectivity index (χ1n) is 5.78. The molecule has 0 bridgehead atoms. The molecular weight excluding hydrogens is 160 g/mol. The SMILES string of the molecule is CCN1CCC[C@@]2(CCCNC2)C1. The zero-order valence-electron chi connectivity index (χ0n) is 8.81. The second-order valence-electron chi connectivity index (χ2n) is 4.75. The van der Waals surface area contributed by atoms with Crippen LogP contribution in [0.2, 0.25) is 0 Å². The Kier molecular flexibility index (Phi) is 2.89. The van der Waals surface area contributed by atoms with Crippen LogP contribution >= 0.6 is 0 Å². The first-order chi connectivity index (χ1) is 6.35. The molecule has 0 unspecified atom stereocenters. The zero-order chi connectivity index (χ0) is 9.15. The summed E-state index contributed by atoms with van der Waals surface area (Å²) in [7, 11) is 0. The minimum absolute atomic E-state index is 0.645. The molecular formula is C11H22N2. The van der Waals surface area contributed by atoms with Gasteiger partial charge in [-0.05, 0) is 50.7 Å². The second kappa shape index (κ2) is 3.97. The molecule has 0 aromatic rings. The van der Waals surface area contributed by atoms with Gasteiger partial charge in [0, 0.05) is 13.1 Å². The number of hydrogen-bond acceptors (Lipinski definition) is 2.